The van der Waals surface area contributed by atoms with Crippen LogP contribution in [0.2, 0.25) is 0 Å². The Kier molecular flexibility index (Phi) is 4.04. The third-order valence-electron chi connectivity index (χ3n) is 5.65. The Bertz CT molecular complexity index is 1170. The number of benzene rings is 2. The fourth-order valence-corrected chi connectivity index (χ4v) is 3.99. The molecule has 1 fully saturated rings. The number of hydrogen-bond donors (Lipinski definition) is 1. The number of nitrogens with zero attached hydrogens (tertiary/aromatic N) is 5. The first kappa shape index (κ1) is 18.8. The summed E-state index contributed by atoms with van der Waals surface area (Å²) < 4.78 is 0. The van der Waals surface area contributed by atoms with E-state index in [0.29, 0.717) is 5.96 Å². The van der Waals surface area contributed by atoms with Gasteiger partial charge in [-0.05, 0) is 31.2 Å². The Morgan fingerprint density at radius 3 is 2.39 bits per heavy atom. The fraction of sp³-hybridized carbons (Fsp3) is 0.190. The molecule has 2 atom stereocenters. The number of imide groups is 1. The summed E-state index contributed by atoms with van der Waals surface area (Å²) in [6.07, 6.45) is 1.16. The standard InChI is InChI=1S/C21H18N6O4/c1-12-3-7-14(8-4-12)26-16(13-5-9-15(10-6-13)27(30)31)11-25-17-18(22-20(25)26)24(2)21(29)23-19(17)28/h3-11,17-18H,1-2H3,(H,23,28,29). The number of nitro groups is 1. The average Bonchev–Trinajstić information content (AvgIpc) is 3.29. The number of urea groups is 1. The molecular formula is C21H18N6O4. The van der Waals surface area contributed by atoms with Crippen LogP contribution >= 0.6 is 0 Å². The van der Waals surface area contributed by atoms with E-state index in [2.05, 4.69) is 5.32 Å². The van der Waals surface area contributed by atoms with Gasteiger partial charge in [-0.3, -0.25) is 30.0 Å². The number of rotatable bonds is 3. The lowest BCUT2D eigenvalue weighted by molar-refractivity contribution is -0.384. The van der Waals surface area contributed by atoms with Gasteiger partial charge in [-0.1, -0.05) is 17.7 Å². The number of aryl methyl sites for hydroxylation is 1. The van der Waals surface area contributed by atoms with Crippen molar-refractivity contribution < 1.29 is 14.5 Å². The first-order valence-electron chi connectivity index (χ1n) is 9.62. The molecule has 3 heterocycles. The molecule has 0 radical (unpaired) electrons. The van der Waals surface area contributed by atoms with Crippen LogP contribution in [0.25, 0.3) is 5.70 Å². The highest BCUT2D eigenvalue weighted by Crippen LogP contribution is 2.39. The molecule has 0 bridgehead atoms. The number of hydrogen-bond acceptors (Lipinski definition) is 7. The van der Waals surface area contributed by atoms with Gasteiger partial charge in [-0.2, -0.15) is 0 Å². The van der Waals surface area contributed by atoms with E-state index in [1.807, 2.05) is 36.1 Å². The molecule has 3 amide bonds. The molecule has 10 nitrogen and oxygen atoms in total. The lowest BCUT2D eigenvalue weighted by atomic mass is 10.1. The van der Waals surface area contributed by atoms with Gasteiger partial charge in [0.1, 0.15) is 0 Å². The van der Waals surface area contributed by atoms with Gasteiger partial charge in [0.15, 0.2) is 12.2 Å². The molecule has 156 valence electrons. The first-order chi connectivity index (χ1) is 14.8. The van der Waals surface area contributed by atoms with Crippen molar-refractivity contribution in [3.8, 4) is 0 Å². The minimum Gasteiger partial charge on any atom is -0.303 e. The van der Waals surface area contributed by atoms with E-state index in [1.165, 1.54) is 17.0 Å². The second-order valence-corrected chi connectivity index (χ2v) is 7.59. The van der Waals surface area contributed by atoms with Crippen molar-refractivity contribution in [1.82, 2.24) is 15.1 Å². The SMILES string of the molecule is Cc1ccc(N2C(c3ccc([N+](=O)[O-])cc3)=CN3C2=NC2C3C(=O)NC(=O)N2C)cc1. The molecule has 1 saturated heterocycles. The van der Waals surface area contributed by atoms with Crippen molar-refractivity contribution in [2.75, 3.05) is 11.9 Å². The van der Waals surface area contributed by atoms with E-state index in [0.717, 1.165) is 22.5 Å². The molecule has 2 unspecified atom stereocenters. The molecule has 3 aliphatic heterocycles. The van der Waals surface area contributed by atoms with E-state index in [9.17, 15) is 19.7 Å². The highest BCUT2D eigenvalue weighted by atomic mass is 16.6. The van der Waals surface area contributed by atoms with Crippen molar-refractivity contribution in [2.45, 2.75) is 19.1 Å². The number of anilines is 1. The van der Waals surface area contributed by atoms with Crippen LogP contribution in [0.3, 0.4) is 0 Å². The molecule has 2 aromatic carbocycles. The van der Waals surface area contributed by atoms with E-state index >= 15 is 0 Å². The van der Waals surface area contributed by atoms with Gasteiger partial charge in [-0.15, -0.1) is 0 Å². The molecule has 10 heteroatoms. The van der Waals surface area contributed by atoms with Crippen molar-refractivity contribution in [2.24, 2.45) is 4.99 Å². The zero-order chi connectivity index (χ0) is 21.9. The molecule has 1 N–H and O–H groups in total. The highest BCUT2D eigenvalue weighted by molar-refractivity contribution is 6.16. The van der Waals surface area contributed by atoms with Gasteiger partial charge < -0.3 is 4.90 Å². The number of carbonyl (C=O) groups is 2. The number of non-ortho nitro benzene ring substituents is 1. The Labute approximate surface area is 177 Å². The summed E-state index contributed by atoms with van der Waals surface area (Å²) in [5.74, 6) is 0.0980. The summed E-state index contributed by atoms with van der Waals surface area (Å²) in [4.78, 5) is 45.0. The predicted molar refractivity (Wildman–Crippen MR) is 113 cm³/mol. The van der Waals surface area contributed by atoms with Crippen LogP contribution < -0.4 is 10.2 Å². The number of amides is 3. The zero-order valence-corrected chi connectivity index (χ0v) is 16.7. The van der Waals surface area contributed by atoms with Crippen molar-refractivity contribution in [3.05, 3.63) is 76.0 Å². The van der Waals surface area contributed by atoms with Crippen molar-refractivity contribution in [1.29, 1.82) is 0 Å². The normalized spacial score (nSPS) is 22.1. The number of guanidine groups is 1. The third kappa shape index (κ3) is 2.83. The van der Waals surface area contributed by atoms with Crippen LogP contribution in [0.4, 0.5) is 16.2 Å². The van der Waals surface area contributed by atoms with E-state index < -0.39 is 29.1 Å². The molecule has 3 aliphatic rings. The quantitative estimate of drug-likeness (QED) is 0.605. The monoisotopic (exact) mass is 418 g/mol. The number of carbonyl (C=O) groups excluding carboxylic acids is 2. The molecule has 0 saturated carbocycles. The van der Waals surface area contributed by atoms with E-state index in [-0.39, 0.29) is 5.69 Å². The summed E-state index contributed by atoms with van der Waals surface area (Å²) in [7, 11) is 1.60. The second-order valence-electron chi connectivity index (χ2n) is 7.59. The van der Waals surface area contributed by atoms with Crippen molar-refractivity contribution in [3.63, 3.8) is 0 Å². The molecule has 0 spiro atoms. The molecular weight excluding hydrogens is 400 g/mol. The molecule has 0 aromatic heterocycles. The summed E-state index contributed by atoms with van der Waals surface area (Å²) in [6, 6.07) is 12.9. The van der Waals surface area contributed by atoms with Crippen LogP contribution in [-0.2, 0) is 4.79 Å². The minimum absolute atomic E-state index is 0.00562. The van der Waals surface area contributed by atoms with E-state index in [1.54, 1.807) is 30.3 Å². The maximum absolute atomic E-state index is 12.6. The number of aliphatic imine (C=N–C) groups is 1. The maximum Gasteiger partial charge on any atom is 0.325 e. The summed E-state index contributed by atoms with van der Waals surface area (Å²) in [5, 5.41) is 13.4. The highest BCUT2D eigenvalue weighted by Gasteiger charge is 2.52. The molecule has 31 heavy (non-hydrogen) atoms. The smallest absolute Gasteiger partial charge is 0.303 e. The number of likely N-dealkylation sites (N-methyl/N-ethyl adjacent to an activating group) is 1. The Hall–Kier alpha value is -4.21. The van der Waals surface area contributed by atoms with Gasteiger partial charge in [0.05, 0.1) is 10.6 Å². The van der Waals surface area contributed by atoms with Crippen LogP contribution in [-0.4, -0.2) is 51.9 Å². The van der Waals surface area contributed by atoms with Gasteiger partial charge in [0.25, 0.3) is 11.6 Å². The topological polar surface area (TPSA) is 111 Å². The summed E-state index contributed by atoms with van der Waals surface area (Å²) in [5.41, 5.74) is 3.37. The fourth-order valence-electron chi connectivity index (χ4n) is 3.99. The molecule has 0 aliphatic carbocycles. The average molecular weight is 418 g/mol. The lowest BCUT2D eigenvalue weighted by Crippen LogP contribution is -2.62. The van der Waals surface area contributed by atoms with Crippen LogP contribution in [0.5, 0.6) is 0 Å². The Balaban J connectivity index is 1.62. The van der Waals surface area contributed by atoms with Gasteiger partial charge in [0.2, 0.25) is 5.96 Å². The van der Waals surface area contributed by atoms with Gasteiger partial charge in [0, 0.05) is 36.6 Å². The number of fused-ring (bicyclic) bond motifs is 3. The maximum atomic E-state index is 12.6. The Morgan fingerprint density at radius 1 is 1.06 bits per heavy atom. The van der Waals surface area contributed by atoms with Crippen molar-refractivity contribution >= 4 is 35.0 Å². The third-order valence-corrected chi connectivity index (χ3v) is 5.65. The summed E-state index contributed by atoms with van der Waals surface area (Å²) >= 11 is 0. The first-order valence-corrected chi connectivity index (χ1v) is 9.62. The van der Waals surface area contributed by atoms with Gasteiger partial charge in [-0.25, -0.2) is 9.79 Å². The second kappa shape index (κ2) is 6.66. The minimum atomic E-state index is -0.693. The van der Waals surface area contributed by atoms with Crippen LogP contribution in [0, 0.1) is 17.0 Å². The van der Waals surface area contributed by atoms with Crippen LogP contribution in [0.15, 0.2) is 59.7 Å². The summed E-state index contributed by atoms with van der Waals surface area (Å²) in [6.45, 7) is 1.99. The number of nitro benzene ring substituents is 1. The predicted octanol–water partition coefficient (Wildman–Crippen LogP) is 2.27. The molecule has 2 aromatic rings. The number of nitrogens with one attached hydrogen (secondary N) is 1. The van der Waals surface area contributed by atoms with Crippen LogP contribution in [0.1, 0.15) is 11.1 Å². The Morgan fingerprint density at radius 2 is 1.74 bits per heavy atom. The zero-order valence-electron chi connectivity index (χ0n) is 16.7. The molecule has 5 rings (SSSR count). The van der Waals surface area contributed by atoms with E-state index in [4.69, 9.17) is 4.99 Å². The largest absolute Gasteiger partial charge is 0.325 e. The lowest BCUT2D eigenvalue weighted by Gasteiger charge is -2.34. The van der Waals surface area contributed by atoms with Gasteiger partial charge >= 0.3 is 6.03 Å².